The molecule has 0 aliphatic carbocycles. The molecule has 0 aliphatic heterocycles. The number of halogens is 3. The number of nitrogens with zero attached hydrogens (tertiary/aromatic N) is 5. The van der Waals surface area contributed by atoms with Crippen LogP contribution in [0.2, 0.25) is 0 Å². The first-order valence-electron chi connectivity index (χ1n) is 11.5. The van der Waals surface area contributed by atoms with E-state index >= 15 is 0 Å². The molecule has 0 radical (unpaired) electrons. The standard InChI is InChI=1S/C25H22F3N7O3S/c1-14(15-3-6-18(26)7-4-15)38-22-9-16(5-8-20(22)33-39(36,37)25(27)28)19-11-32-35-21(12-30-24(29)23(19)35)17-10-31-34(2)13-17/h3-14,25,33H,1-2H3,(H2,29,30)/t14-/m0/s1. The monoisotopic (exact) mass is 557 g/mol. The number of aromatic nitrogens is 5. The van der Waals surface area contributed by atoms with Crippen LogP contribution in [0.5, 0.6) is 5.75 Å². The Kier molecular flexibility index (Phi) is 6.64. The molecular weight excluding hydrogens is 535 g/mol. The zero-order valence-corrected chi connectivity index (χ0v) is 21.4. The summed E-state index contributed by atoms with van der Waals surface area (Å²) in [5.41, 5.74) is 9.47. The number of nitrogen functional groups attached to an aromatic ring is 1. The summed E-state index contributed by atoms with van der Waals surface area (Å²) >= 11 is 0. The fourth-order valence-corrected chi connectivity index (χ4v) is 4.61. The van der Waals surface area contributed by atoms with Crippen LogP contribution in [0.25, 0.3) is 27.9 Å². The van der Waals surface area contributed by atoms with Gasteiger partial charge in [-0.1, -0.05) is 18.2 Å². The van der Waals surface area contributed by atoms with E-state index in [4.69, 9.17) is 10.5 Å². The molecule has 0 saturated carbocycles. The Morgan fingerprint density at radius 3 is 2.44 bits per heavy atom. The Balaban J connectivity index is 1.61. The minimum absolute atomic E-state index is 0.0390. The maximum atomic E-state index is 13.4. The van der Waals surface area contributed by atoms with E-state index in [2.05, 4.69) is 15.2 Å². The summed E-state index contributed by atoms with van der Waals surface area (Å²) in [5.74, 6) is -3.96. The first kappa shape index (κ1) is 26.0. The van der Waals surface area contributed by atoms with Gasteiger partial charge in [-0.15, -0.1) is 0 Å². The van der Waals surface area contributed by atoms with Crippen molar-refractivity contribution < 1.29 is 26.3 Å². The topological polar surface area (TPSA) is 129 Å². The molecule has 2 aromatic carbocycles. The number of nitrogens with two attached hydrogens (primary N) is 1. The van der Waals surface area contributed by atoms with Crippen molar-refractivity contribution in [2.24, 2.45) is 7.05 Å². The summed E-state index contributed by atoms with van der Waals surface area (Å²) in [6.07, 6.45) is 5.88. The first-order valence-corrected chi connectivity index (χ1v) is 13.1. The molecule has 10 nitrogen and oxygen atoms in total. The third-order valence-electron chi connectivity index (χ3n) is 5.99. The zero-order chi connectivity index (χ0) is 27.9. The van der Waals surface area contributed by atoms with Gasteiger partial charge in [-0.3, -0.25) is 9.40 Å². The van der Waals surface area contributed by atoms with Gasteiger partial charge in [-0.25, -0.2) is 22.3 Å². The van der Waals surface area contributed by atoms with Gasteiger partial charge in [0.2, 0.25) is 0 Å². The zero-order valence-electron chi connectivity index (χ0n) is 20.6. The van der Waals surface area contributed by atoms with Gasteiger partial charge in [0.05, 0.1) is 30.0 Å². The van der Waals surface area contributed by atoms with Crippen molar-refractivity contribution in [2.45, 2.75) is 18.8 Å². The Morgan fingerprint density at radius 2 is 1.77 bits per heavy atom. The highest BCUT2D eigenvalue weighted by molar-refractivity contribution is 7.93. The maximum absolute atomic E-state index is 13.4. The van der Waals surface area contributed by atoms with E-state index in [0.29, 0.717) is 27.9 Å². The third-order valence-corrected chi connectivity index (χ3v) is 6.96. The number of benzene rings is 2. The lowest BCUT2D eigenvalue weighted by Gasteiger charge is -2.19. The molecule has 39 heavy (non-hydrogen) atoms. The third kappa shape index (κ3) is 5.10. The SMILES string of the molecule is C[C@H](Oc1cc(-c2cnn3c(-c4cnn(C)c4)cnc(N)c23)ccc1NS(=O)(=O)C(F)F)c1ccc(F)cc1. The second-order valence-corrected chi connectivity index (χ2v) is 10.3. The fraction of sp³-hybridized carbons (Fsp3) is 0.160. The largest absolute Gasteiger partial charge is 0.484 e. The van der Waals surface area contributed by atoms with Crippen molar-refractivity contribution in [1.82, 2.24) is 24.4 Å². The predicted molar refractivity (Wildman–Crippen MR) is 139 cm³/mol. The second-order valence-electron chi connectivity index (χ2n) is 8.68. The second kappa shape index (κ2) is 9.94. The quantitative estimate of drug-likeness (QED) is 0.285. The Bertz CT molecular complexity index is 1770. The van der Waals surface area contributed by atoms with Crippen molar-refractivity contribution in [1.29, 1.82) is 0 Å². The summed E-state index contributed by atoms with van der Waals surface area (Å²) in [6.45, 7) is 1.66. The van der Waals surface area contributed by atoms with Crippen LogP contribution in [0.15, 0.2) is 67.3 Å². The van der Waals surface area contributed by atoms with E-state index < -0.39 is 27.7 Å². The van der Waals surface area contributed by atoms with Crippen LogP contribution in [-0.4, -0.2) is 38.6 Å². The number of rotatable bonds is 8. The molecule has 202 valence electrons. The van der Waals surface area contributed by atoms with E-state index in [9.17, 15) is 21.6 Å². The smallest absolute Gasteiger partial charge is 0.355 e. The molecule has 3 aromatic heterocycles. The highest BCUT2D eigenvalue weighted by atomic mass is 32.2. The highest BCUT2D eigenvalue weighted by Gasteiger charge is 2.26. The first-order chi connectivity index (χ1) is 18.5. The van der Waals surface area contributed by atoms with Crippen LogP contribution in [0, 0.1) is 5.82 Å². The summed E-state index contributed by atoms with van der Waals surface area (Å²) < 4.78 is 74.7. The number of fused-ring (bicyclic) bond motifs is 1. The number of hydrogen-bond donors (Lipinski definition) is 2. The van der Waals surface area contributed by atoms with Gasteiger partial charge >= 0.3 is 5.76 Å². The van der Waals surface area contributed by atoms with Crippen LogP contribution in [0.3, 0.4) is 0 Å². The van der Waals surface area contributed by atoms with Gasteiger partial charge in [0, 0.05) is 24.4 Å². The van der Waals surface area contributed by atoms with Crippen molar-refractivity contribution in [2.75, 3.05) is 10.5 Å². The highest BCUT2D eigenvalue weighted by Crippen LogP contribution is 2.38. The molecule has 1 atom stereocenters. The van der Waals surface area contributed by atoms with Gasteiger partial charge in [-0.2, -0.15) is 19.0 Å². The molecule has 0 amide bonds. The summed E-state index contributed by atoms with van der Waals surface area (Å²) in [5, 5.41) is 8.64. The summed E-state index contributed by atoms with van der Waals surface area (Å²) in [4.78, 5) is 4.30. The lowest BCUT2D eigenvalue weighted by Crippen LogP contribution is -2.21. The van der Waals surface area contributed by atoms with Gasteiger partial charge < -0.3 is 10.5 Å². The van der Waals surface area contributed by atoms with Crippen LogP contribution in [0.4, 0.5) is 24.7 Å². The molecule has 3 heterocycles. The summed E-state index contributed by atoms with van der Waals surface area (Å²) in [7, 11) is -3.21. The Labute approximate surface area is 220 Å². The van der Waals surface area contributed by atoms with Gasteiger partial charge in [0.25, 0.3) is 10.0 Å². The lowest BCUT2D eigenvalue weighted by molar-refractivity contribution is 0.228. The fourth-order valence-electron chi connectivity index (χ4n) is 4.05. The van der Waals surface area contributed by atoms with Gasteiger partial charge in [0.1, 0.15) is 29.0 Å². The van der Waals surface area contributed by atoms with E-state index in [-0.39, 0.29) is 17.3 Å². The molecule has 0 spiro atoms. The van der Waals surface area contributed by atoms with Crippen LogP contribution >= 0.6 is 0 Å². The number of aryl methyl sites for hydroxylation is 1. The van der Waals surface area contributed by atoms with E-state index in [1.165, 1.54) is 42.5 Å². The number of anilines is 2. The number of nitrogens with one attached hydrogen (secondary N) is 1. The van der Waals surface area contributed by atoms with Crippen molar-refractivity contribution in [3.05, 3.63) is 78.6 Å². The van der Waals surface area contributed by atoms with Crippen LogP contribution < -0.4 is 15.2 Å². The minimum atomic E-state index is -4.99. The molecule has 14 heteroatoms. The van der Waals surface area contributed by atoms with Crippen LogP contribution in [0.1, 0.15) is 18.6 Å². The number of alkyl halides is 2. The molecule has 5 rings (SSSR count). The molecule has 5 aromatic rings. The van der Waals surface area contributed by atoms with Crippen LogP contribution in [-0.2, 0) is 17.1 Å². The Morgan fingerprint density at radius 1 is 1.03 bits per heavy atom. The normalized spacial score (nSPS) is 12.7. The van der Waals surface area contributed by atoms with Crippen molar-refractivity contribution in [3.8, 4) is 28.1 Å². The molecule has 0 unspecified atom stereocenters. The maximum Gasteiger partial charge on any atom is 0.355 e. The molecule has 0 saturated heterocycles. The van der Waals surface area contributed by atoms with Gasteiger partial charge in [0.15, 0.2) is 0 Å². The van der Waals surface area contributed by atoms with Gasteiger partial charge in [-0.05, 0) is 42.3 Å². The van der Waals surface area contributed by atoms with E-state index in [1.54, 1.807) is 48.0 Å². The average Bonchev–Trinajstić information content (AvgIpc) is 3.53. The van der Waals surface area contributed by atoms with Crippen molar-refractivity contribution in [3.63, 3.8) is 0 Å². The molecule has 0 bridgehead atoms. The Hall–Kier alpha value is -4.59. The van der Waals surface area contributed by atoms with E-state index in [0.717, 1.165) is 5.56 Å². The molecular formula is C25H22F3N7O3S. The minimum Gasteiger partial charge on any atom is -0.484 e. The average molecular weight is 558 g/mol. The lowest BCUT2D eigenvalue weighted by atomic mass is 10.1. The molecule has 0 fully saturated rings. The predicted octanol–water partition coefficient (Wildman–Crippen LogP) is 4.62. The number of sulfonamides is 1. The molecule has 0 aliphatic rings. The van der Waals surface area contributed by atoms with E-state index in [1.807, 2.05) is 4.72 Å². The number of ether oxygens (including phenoxy) is 1. The van der Waals surface area contributed by atoms with Crippen molar-refractivity contribution >= 4 is 27.0 Å². The summed E-state index contributed by atoms with van der Waals surface area (Å²) in [6, 6.07) is 9.82. The molecule has 3 N–H and O–H groups in total. The number of hydrogen-bond acceptors (Lipinski definition) is 7.